The van der Waals surface area contributed by atoms with Gasteiger partial charge < -0.3 is 9.41 Å². The van der Waals surface area contributed by atoms with Gasteiger partial charge in [-0.05, 0) is 54.3 Å². The minimum absolute atomic E-state index is 0.0981. The van der Waals surface area contributed by atoms with Gasteiger partial charge in [-0.15, -0.1) is 0 Å². The van der Waals surface area contributed by atoms with Crippen molar-refractivity contribution in [3.05, 3.63) is 88.9 Å². The molecular weight excluding hydrogens is 338 g/mol. The van der Waals surface area contributed by atoms with Gasteiger partial charge in [0.15, 0.2) is 0 Å². The molecule has 24 heavy (non-hydrogen) atoms. The van der Waals surface area contributed by atoms with Crippen LogP contribution in [0.3, 0.4) is 0 Å². The van der Waals surface area contributed by atoms with E-state index in [2.05, 4.69) is 35.5 Å². The molecule has 0 aliphatic carbocycles. The second kappa shape index (κ2) is 7.65. The molecule has 0 aliphatic rings. The average Bonchev–Trinajstić information content (AvgIpc) is 2.59. The minimum atomic E-state index is 0.0981. The van der Waals surface area contributed by atoms with E-state index in [1.165, 1.54) is 16.0 Å². The Balaban J connectivity index is 1.93. The number of hydrogen-bond donors (Lipinski definition) is 1. The summed E-state index contributed by atoms with van der Waals surface area (Å²) in [7, 11) is 0. The first-order chi connectivity index (χ1) is 11.6. The summed E-state index contributed by atoms with van der Waals surface area (Å²) in [6.07, 6.45) is 0. The van der Waals surface area contributed by atoms with Gasteiger partial charge in [0.2, 0.25) is 0 Å². The molecule has 0 aromatic heterocycles. The number of anilines is 1. The predicted molar refractivity (Wildman–Crippen MR) is 103 cm³/mol. The lowest BCUT2D eigenvalue weighted by Crippen LogP contribution is -2.14. The Morgan fingerprint density at radius 3 is 2.38 bits per heavy atom. The van der Waals surface area contributed by atoms with Crippen LogP contribution in [0.15, 0.2) is 77.7 Å². The molecular formula is C20H18ClNOS. The van der Waals surface area contributed by atoms with Crippen molar-refractivity contribution in [2.24, 2.45) is 0 Å². The largest absolute Gasteiger partial charge is 0.506 e. The van der Waals surface area contributed by atoms with Crippen LogP contribution in [0.1, 0.15) is 11.1 Å². The third-order valence-electron chi connectivity index (χ3n) is 3.69. The highest BCUT2D eigenvalue weighted by Gasteiger charge is 2.13. The van der Waals surface area contributed by atoms with Crippen molar-refractivity contribution in [3.63, 3.8) is 0 Å². The second-order valence-electron chi connectivity index (χ2n) is 5.51. The summed E-state index contributed by atoms with van der Waals surface area (Å²) in [5.41, 5.74) is 3.39. The Bertz CT molecular complexity index is 823. The van der Waals surface area contributed by atoms with Crippen LogP contribution in [0.2, 0.25) is 5.02 Å². The number of aryl methyl sites for hydroxylation is 1. The first kappa shape index (κ1) is 16.7. The van der Waals surface area contributed by atoms with E-state index in [1.54, 1.807) is 24.1 Å². The molecule has 3 rings (SSSR count). The lowest BCUT2D eigenvalue weighted by atomic mass is 10.2. The van der Waals surface area contributed by atoms with Crippen molar-refractivity contribution < 1.29 is 5.11 Å². The van der Waals surface area contributed by atoms with Crippen LogP contribution in [0.4, 0.5) is 5.69 Å². The van der Waals surface area contributed by atoms with Gasteiger partial charge in [0.05, 0.1) is 11.6 Å². The lowest BCUT2D eigenvalue weighted by molar-refractivity contribution is 0.475. The molecule has 0 saturated heterocycles. The maximum atomic E-state index is 9.69. The molecule has 0 fully saturated rings. The average molecular weight is 356 g/mol. The first-order valence-electron chi connectivity index (χ1n) is 7.67. The highest BCUT2D eigenvalue weighted by atomic mass is 35.5. The fourth-order valence-electron chi connectivity index (χ4n) is 2.35. The first-order valence-corrected chi connectivity index (χ1v) is 8.82. The Morgan fingerprint density at radius 2 is 1.67 bits per heavy atom. The smallest absolute Gasteiger partial charge is 0.134 e. The summed E-state index contributed by atoms with van der Waals surface area (Å²) in [5.74, 6) is 0.0981. The summed E-state index contributed by atoms with van der Waals surface area (Å²) in [6, 6.07) is 23.9. The normalized spacial score (nSPS) is 10.6. The number of rotatable bonds is 5. The monoisotopic (exact) mass is 355 g/mol. The third-order valence-corrected chi connectivity index (χ3v) is 5.21. The summed E-state index contributed by atoms with van der Waals surface area (Å²) in [6.45, 7) is 2.84. The lowest BCUT2D eigenvalue weighted by Gasteiger charge is -2.24. The standard InChI is InChI=1S/C20H18ClNOS/c1-15-7-5-6-10-20(15)24-22(14-16-8-3-2-4-9-16)17-11-12-19(23)18(21)13-17/h2-13,23H,14H2,1H3. The fraction of sp³-hybridized carbons (Fsp3) is 0.100. The van der Waals surface area contributed by atoms with Gasteiger partial charge in [0.25, 0.3) is 0 Å². The zero-order valence-corrected chi connectivity index (χ0v) is 14.9. The number of phenolic OH excluding ortho intramolecular Hbond substituents is 1. The van der Waals surface area contributed by atoms with Gasteiger partial charge in [-0.25, -0.2) is 0 Å². The van der Waals surface area contributed by atoms with Gasteiger partial charge in [-0.1, -0.05) is 60.1 Å². The van der Waals surface area contributed by atoms with Crippen LogP contribution in [-0.4, -0.2) is 5.11 Å². The molecule has 1 N–H and O–H groups in total. The molecule has 0 atom stereocenters. The maximum absolute atomic E-state index is 9.69. The van der Waals surface area contributed by atoms with E-state index in [0.29, 0.717) is 5.02 Å². The van der Waals surface area contributed by atoms with E-state index in [0.717, 1.165) is 12.2 Å². The van der Waals surface area contributed by atoms with Gasteiger partial charge in [0, 0.05) is 10.6 Å². The predicted octanol–water partition coefficient (Wildman–Crippen LogP) is 6.07. The van der Waals surface area contributed by atoms with Gasteiger partial charge >= 0.3 is 0 Å². The SMILES string of the molecule is Cc1ccccc1SN(Cc1ccccc1)c1ccc(O)c(Cl)c1. The van der Waals surface area contributed by atoms with Crippen LogP contribution in [0.25, 0.3) is 0 Å². The second-order valence-corrected chi connectivity index (χ2v) is 6.99. The zero-order valence-electron chi connectivity index (χ0n) is 13.3. The summed E-state index contributed by atoms with van der Waals surface area (Å²) in [5, 5.41) is 10.0. The van der Waals surface area contributed by atoms with Crippen LogP contribution >= 0.6 is 23.5 Å². The summed E-state index contributed by atoms with van der Waals surface area (Å²) in [4.78, 5) is 1.19. The van der Waals surface area contributed by atoms with Gasteiger partial charge in [-0.3, -0.25) is 0 Å². The highest BCUT2D eigenvalue weighted by Crippen LogP contribution is 2.36. The highest BCUT2D eigenvalue weighted by molar-refractivity contribution is 8.00. The zero-order chi connectivity index (χ0) is 16.9. The van der Waals surface area contributed by atoms with Crippen LogP contribution < -0.4 is 4.31 Å². The molecule has 0 amide bonds. The van der Waals surface area contributed by atoms with Crippen molar-refractivity contribution in [3.8, 4) is 5.75 Å². The Hall–Kier alpha value is -2.10. The van der Waals surface area contributed by atoms with Crippen LogP contribution in [0, 0.1) is 6.92 Å². The molecule has 0 unspecified atom stereocenters. The Kier molecular flexibility index (Phi) is 5.34. The van der Waals surface area contributed by atoms with Crippen LogP contribution in [-0.2, 0) is 6.54 Å². The van der Waals surface area contributed by atoms with E-state index < -0.39 is 0 Å². The third kappa shape index (κ3) is 4.05. The van der Waals surface area contributed by atoms with E-state index in [9.17, 15) is 5.11 Å². The van der Waals surface area contributed by atoms with Crippen molar-refractivity contribution in [1.82, 2.24) is 0 Å². The van der Waals surface area contributed by atoms with E-state index in [4.69, 9.17) is 11.6 Å². The molecule has 0 aliphatic heterocycles. The fourth-order valence-corrected chi connectivity index (χ4v) is 3.55. The molecule has 0 radical (unpaired) electrons. The van der Waals surface area contributed by atoms with Crippen molar-refractivity contribution in [2.75, 3.05) is 4.31 Å². The van der Waals surface area contributed by atoms with Crippen molar-refractivity contribution in [2.45, 2.75) is 18.4 Å². The quantitative estimate of drug-likeness (QED) is 0.562. The number of phenols is 1. The summed E-state index contributed by atoms with van der Waals surface area (Å²) < 4.78 is 2.18. The maximum Gasteiger partial charge on any atom is 0.134 e. The van der Waals surface area contributed by atoms with Gasteiger partial charge in [-0.2, -0.15) is 0 Å². The number of hydrogen-bond acceptors (Lipinski definition) is 3. The Labute approximate surface area is 151 Å². The van der Waals surface area contributed by atoms with Crippen LogP contribution in [0.5, 0.6) is 5.75 Å². The molecule has 0 bridgehead atoms. The molecule has 122 valence electrons. The molecule has 0 heterocycles. The van der Waals surface area contributed by atoms with E-state index in [1.807, 2.05) is 36.4 Å². The minimum Gasteiger partial charge on any atom is -0.506 e. The molecule has 3 aromatic carbocycles. The number of benzene rings is 3. The van der Waals surface area contributed by atoms with Crippen molar-refractivity contribution in [1.29, 1.82) is 0 Å². The number of halogens is 1. The van der Waals surface area contributed by atoms with E-state index in [-0.39, 0.29) is 5.75 Å². The summed E-state index contributed by atoms with van der Waals surface area (Å²) >= 11 is 7.78. The molecule has 0 spiro atoms. The molecule has 2 nitrogen and oxygen atoms in total. The topological polar surface area (TPSA) is 23.5 Å². The Morgan fingerprint density at radius 1 is 0.958 bits per heavy atom. The number of nitrogens with zero attached hydrogens (tertiary/aromatic N) is 1. The number of aromatic hydroxyl groups is 1. The molecule has 0 saturated carbocycles. The van der Waals surface area contributed by atoms with Gasteiger partial charge in [0.1, 0.15) is 5.75 Å². The van der Waals surface area contributed by atoms with E-state index >= 15 is 0 Å². The molecule has 4 heteroatoms. The molecule has 3 aromatic rings. The van der Waals surface area contributed by atoms with Crippen molar-refractivity contribution >= 4 is 29.2 Å².